The van der Waals surface area contributed by atoms with E-state index in [1.54, 1.807) is 0 Å². The molecule has 0 saturated carbocycles. The molecule has 0 saturated heterocycles. The minimum Gasteiger partial charge on any atom is -0.344 e. The second-order valence-electron chi connectivity index (χ2n) is 4.89. The van der Waals surface area contributed by atoms with Crippen molar-refractivity contribution in [3.05, 3.63) is 58.1 Å². The number of hydrogen-bond acceptors (Lipinski definition) is 2. The summed E-state index contributed by atoms with van der Waals surface area (Å²) >= 11 is 3.51. The fraction of sp³-hybridized carbons (Fsp3) is 0.250. The van der Waals surface area contributed by atoms with Gasteiger partial charge < -0.3 is 10.6 Å². The first-order valence-electron chi connectivity index (χ1n) is 6.34. The maximum atomic E-state index is 6.08. The van der Waals surface area contributed by atoms with E-state index in [1.165, 1.54) is 11.3 Å². The smallest absolute Gasteiger partial charge is 0.0457 e. The van der Waals surface area contributed by atoms with Gasteiger partial charge in [-0.15, -0.1) is 0 Å². The summed E-state index contributed by atoms with van der Waals surface area (Å²) in [5.74, 6) is 0. The predicted molar refractivity (Wildman–Crippen MR) is 86.0 cm³/mol. The van der Waals surface area contributed by atoms with Crippen LogP contribution in [0.3, 0.4) is 0 Å². The van der Waals surface area contributed by atoms with Crippen molar-refractivity contribution in [1.82, 2.24) is 0 Å². The highest BCUT2D eigenvalue weighted by Crippen LogP contribution is 2.32. The van der Waals surface area contributed by atoms with Gasteiger partial charge in [-0.3, -0.25) is 0 Å². The van der Waals surface area contributed by atoms with Crippen LogP contribution in [0.25, 0.3) is 0 Å². The molecule has 0 aliphatic carbocycles. The molecule has 0 bridgehead atoms. The number of aryl methyl sites for hydroxylation is 1. The van der Waals surface area contributed by atoms with E-state index in [0.29, 0.717) is 0 Å². The summed E-state index contributed by atoms with van der Waals surface area (Å²) in [6.45, 7) is 4.11. The SMILES string of the molecule is Cc1cccc(N(C)c2ccc(Br)cc2C(C)N)c1. The Morgan fingerprint density at radius 2 is 1.89 bits per heavy atom. The monoisotopic (exact) mass is 318 g/mol. The number of anilines is 2. The normalized spacial score (nSPS) is 12.3. The molecule has 1 atom stereocenters. The Bertz CT molecular complexity index is 579. The molecule has 2 aromatic carbocycles. The quantitative estimate of drug-likeness (QED) is 0.899. The molecule has 0 aliphatic heterocycles. The lowest BCUT2D eigenvalue weighted by Crippen LogP contribution is -2.15. The summed E-state index contributed by atoms with van der Waals surface area (Å²) in [6.07, 6.45) is 0. The molecule has 2 rings (SSSR count). The fourth-order valence-electron chi connectivity index (χ4n) is 2.17. The standard InChI is InChI=1S/C16H19BrN2/c1-11-5-4-6-14(9-11)19(3)16-8-7-13(17)10-15(16)12(2)18/h4-10,12H,18H2,1-3H3. The summed E-state index contributed by atoms with van der Waals surface area (Å²) in [6, 6.07) is 14.7. The van der Waals surface area contributed by atoms with Crippen molar-refractivity contribution in [3.63, 3.8) is 0 Å². The molecule has 0 radical (unpaired) electrons. The molecule has 2 aromatic rings. The number of nitrogens with two attached hydrogens (primary N) is 1. The molecule has 3 heteroatoms. The van der Waals surface area contributed by atoms with Crippen LogP contribution in [0.5, 0.6) is 0 Å². The van der Waals surface area contributed by atoms with Gasteiger partial charge in [-0.05, 0) is 55.3 Å². The molecule has 100 valence electrons. The van der Waals surface area contributed by atoms with Crippen LogP contribution in [-0.2, 0) is 0 Å². The second kappa shape index (κ2) is 5.76. The molecule has 0 aliphatic rings. The van der Waals surface area contributed by atoms with Crippen LogP contribution in [0.2, 0.25) is 0 Å². The van der Waals surface area contributed by atoms with Crippen molar-refractivity contribution in [2.24, 2.45) is 5.73 Å². The Balaban J connectivity index is 2.46. The van der Waals surface area contributed by atoms with Gasteiger partial charge in [0, 0.05) is 28.9 Å². The van der Waals surface area contributed by atoms with Gasteiger partial charge in [-0.2, -0.15) is 0 Å². The van der Waals surface area contributed by atoms with Gasteiger partial charge in [0.05, 0.1) is 0 Å². The Morgan fingerprint density at radius 1 is 1.16 bits per heavy atom. The number of nitrogens with zero attached hydrogens (tertiary/aromatic N) is 1. The molecule has 0 heterocycles. The van der Waals surface area contributed by atoms with Crippen LogP contribution in [0.15, 0.2) is 46.9 Å². The van der Waals surface area contributed by atoms with Gasteiger partial charge in [0.25, 0.3) is 0 Å². The van der Waals surface area contributed by atoms with E-state index in [2.05, 4.69) is 71.2 Å². The van der Waals surface area contributed by atoms with Gasteiger partial charge in [0.1, 0.15) is 0 Å². The Morgan fingerprint density at radius 3 is 2.53 bits per heavy atom. The minimum atomic E-state index is -0.000223. The summed E-state index contributed by atoms with van der Waals surface area (Å²) in [4.78, 5) is 2.18. The van der Waals surface area contributed by atoms with E-state index >= 15 is 0 Å². The number of benzene rings is 2. The van der Waals surface area contributed by atoms with E-state index in [9.17, 15) is 0 Å². The lowest BCUT2D eigenvalue weighted by Gasteiger charge is -2.24. The van der Waals surface area contributed by atoms with Crippen LogP contribution >= 0.6 is 15.9 Å². The first kappa shape index (κ1) is 14.1. The van der Waals surface area contributed by atoms with Crippen LogP contribution in [0, 0.1) is 6.92 Å². The highest BCUT2D eigenvalue weighted by Gasteiger charge is 2.12. The highest BCUT2D eigenvalue weighted by molar-refractivity contribution is 9.10. The summed E-state index contributed by atoms with van der Waals surface area (Å²) in [7, 11) is 2.07. The zero-order chi connectivity index (χ0) is 14.0. The first-order chi connectivity index (χ1) is 8.99. The maximum Gasteiger partial charge on any atom is 0.0457 e. The van der Waals surface area contributed by atoms with Crippen molar-refractivity contribution >= 4 is 27.3 Å². The third kappa shape index (κ3) is 3.17. The number of hydrogen-bond donors (Lipinski definition) is 1. The average Bonchev–Trinajstić information content (AvgIpc) is 2.37. The second-order valence-corrected chi connectivity index (χ2v) is 5.81. The maximum absolute atomic E-state index is 6.08. The fourth-order valence-corrected chi connectivity index (χ4v) is 2.55. The van der Waals surface area contributed by atoms with Crippen LogP contribution in [-0.4, -0.2) is 7.05 Å². The van der Waals surface area contributed by atoms with Crippen molar-refractivity contribution in [2.75, 3.05) is 11.9 Å². The summed E-state index contributed by atoms with van der Waals surface area (Å²) < 4.78 is 1.06. The Labute approximate surface area is 123 Å². The Kier molecular flexibility index (Phi) is 4.27. The zero-order valence-electron chi connectivity index (χ0n) is 11.5. The van der Waals surface area contributed by atoms with Crippen molar-refractivity contribution in [1.29, 1.82) is 0 Å². The molecular weight excluding hydrogens is 300 g/mol. The molecule has 0 aromatic heterocycles. The third-order valence-corrected chi connectivity index (χ3v) is 3.72. The molecule has 0 fully saturated rings. The van der Waals surface area contributed by atoms with Crippen LogP contribution in [0.1, 0.15) is 24.1 Å². The van der Waals surface area contributed by atoms with Gasteiger partial charge in [-0.1, -0.05) is 28.1 Å². The predicted octanol–water partition coefficient (Wildman–Crippen LogP) is 4.55. The lowest BCUT2D eigenvalue weighted by atomic mass is 10.1. The molecule has 2 nitrogen and oxygen atoms in total. The number of rotatable bonds is 3. The van der Waals surface area contributed by atoms with Gasteiger partial charge in [-0.25, -0.2) is 0 Å². The van der Waals surface area contributed by atoms with Gasteiger partial charge >= 0.3 is 0 Å². The lowest BCUT2D eigenvalue weighted by molar-refractivity contribution is 0.814. The van der Waals surface area contributed by atoms with E-state index in [4.69, 9.17) is 5.73 Å². The third-order valence-electron chi connectivity index (χ3n) is 3.23. The Hall–Kier alpha value is -1.32. The largest absolute Gasteiger partial charge is 0.344 e. The van der Waals surface area contributed by atoms with Crippen LogP contribution < -0.4 is 10.6 Å². The average molecular weight is 319 g/mol. The van der Waals surface area contributed by atoms with E-state index in [0.717, 1.165) is 15.7 Å². The van der Waals surface area contributed by atoms with Gasteiger partial charge in [0.15, 0.2) is 0 Å². The topological polar surface area (TPSA) is 29.3 Å². The highest BCUT2D eigenvalue weighted by atomic mass is 79.9. The first-order valence-corrected chi connectivity index (χ1v) is 7.14. The molecule has 0 spiro atoms. The summed E-state index contributed by atoms with van der Waals surface area (Å²) in [5, 5.41) is 0. The van der Waals surface area contributed by atoms with Crippen molar-refractivity contribution in [2.45, 2.75) is 19.9 Å². The van der Waals surface area contributed by atoms with Gasteiger partial charge in [0.2, 0.25) is 0 Å². The zero-order valence-corrected chi connectivity index (χ0v) is 13.1. The number of halogens is 1. The summed E-state index contributed by atoms with van der Waals surface area (Å²) in [5.41, 5.74) is 10.8. The van der Waals surface area contributed by atoms with E-state index in [-0.39, 0.29) is 6.04 Å². The molecule has 2 N–H and O–H groups in total. The minimum absolute atomic E-state index is 0.000223. The van der Waals surface area contributed by atoms with Crippen LogP contribution in [0.4, 0.5) is 11.4 Å². The molecule has 19 heavy (non-hydrogen) atoms. The molecular formula is C16H19BrN2. The van der Waals surface area contributed by atoms with Crippen molar-refractivity contribution < 1.29 is 0 Å². The van der Waals surface area contributed by atoms with Crippen molar-refractivity contribution in [3.8, 4) is 0 Å². The molecule has 0 amide bonds. The molecule has 1 unspecified atom stereocenters. The van der Waals surface area contributed by atoms with E-state index in [1.807, 2.05) is 13.0 Å². The van der Waals surface area contributed by atoms with E-state index < -0.39 is 0 Å².